The van der Waals surface area contributed by atoms with E-state index in [9.17, 15) is 44.2 Å². The van der Waals surface area contributed by atoms with Crippen LogP contribution in [0.1, 0.15) is 13.8 Å². The summed E-state index contributed by atoms with van der Waals surface area (Å²) < 4.78 is 5.25. The van der Waals surface area contributed by atoms with Crippen molar-refractivity contribution < 1.29 is 38.6 Å². The predicted octanol–water partition coefficient (Wildman–Crippen LogP) is 2.55. The van der Waals surface area contributed by atoms with Gasteiger partial charge in [-0.15, -0.1) is 0 Å². The number of hydrogen-bond donors (Lipinski definition) is 0. The van der Waals surface area contributed by atoms with Gasteiger partial charge in [0.2, 0.25) is 23.6 Å². The fraction of sp³-hybridized carbons (Fsp3) is 0.321. The number of allylic oxidation sites excluding steroid dienone is 1. The van der Waals surface area contributed by atoms with Gasteiger partial charge in [0.25, 0.3) is 11.4 Å². The first-order valence-electron chi connectivity index (χ1n) is 13.1. The van der Waals surface area contributed by atoms with Crippen molar-refractivity contribution in [3.8, 4) is 0 Å². The summed E-state index contributed by atoms with van der Waals surface area (Å²) in [6.45, 7) is 3.08. The minimum absolute atomic E-state index is 0.000438. The summed E-state index contributed by atoms with van der Waals surface area (Å²) in [6.07, 6.45) is 0. The van der Waals surface area contributed by atoms with Crippen molar-refractivity contribution >= 4 is 52.3 Å². The fourth-order valence-electron chi connectivity index (χ4n) is 7.32. The van der Waals surface area contributed by atoms with Crippen molar-refractivity contribution in [3.63, 3.8) is 0 Å². The van der Waals surface area contributed by atoms with E-state index in [1.54, 1.807) is 6.92 Å². The topological polar surface area (TPSA) is 187 Å². The minimum atomic E-state index is -1.30. The molecule has 2 aromatic rings. The van der Waals surface area contributed by atoms with Gasteiger partial charge < -0.3 is 4.74 Å². The Labute approximate surface area is 236 Å². The van der Waals surface area contributed by atoms with E-state index < -0.39 is 86.3 Å². The zero-order valence-corrected chi connectivity index (χ0v) is 22.2. The number of anilines is 2. The van der Waals surface area contributed by atoms with Crippen molar-refractivity contribution in [1.29, 1.82) is 0 Å². The van der Waals surface area contributed by atoms with Gasteiger partial charge in [0.15, 0.2) is 0 Å². The molecule has 4 unspecified atom stereocenters. The molecule has 0 spiro atoms. The molecular weight excluding hydrogens is 552 g/mol. The van der Waals surface area contributed by atoms with Crippen LogP contribution in [0.15, 0.2) is 59.7 Å². The second kappa shape index (κ2) is 9.39. The van der Waals surface area contributed by atoms with Gasteiger partial charge in [-0.2, -0.15) is 0 Å². The largest absolute Gasteiger partial charge is 0.463 e. The third-order valence-corrected chi connectivity index (χ3v) is 8.74. The number of esters is 1. The zero-order valence-electron chi connectivity index (χ0n) is 22.2. The van der Waals surface area contributed by atoms with Crippen LogP contribution in [0.25, 0.3) is 0 Å². The molecule has 2 aliphatic heterocycles. The maximum Gasteiger partial charge on any atom is 0.334 e. The highest BCUT2D eigenvalue weighted by Crippen LogP contribution is 2.63. The molecule has 2 heterocycles. The average Bonchev–Trinajstić information content (AvgIpc) is 3.38. The van der Waals surface area contributed by atoms with Crippen molar-refractivity contribution in [3.05, 3.63) is 79.9 Å². The van der Waals surface area contributed by atoms with Crippen LogP contribution in [-0.4, -0.2) is 46.1 Å². The van der Waals surface area contributed by atoms with Crippen LogP contribution in [0.4, 0.5) is 22.7 Å². The number of imide groups is 2. The minimum Gasteiger partial charge on any atom is -0.463 e. The molecule has 4 atom stereocenters. The number of benzene rings is 2. The quantitative estimate of drug-likeness (QED) is 0.215. The lowest BCUT2D eigenvalue weighted by Gasteiger charge is -2.49. The van der Waals surface area contributed by atoms with Gasteiger partial charge in [-0.1, -0.05) is 29.8 Å². The van der Waals surface area contributed by atoms with Gasteiger partial charge >= 0.3 is 5.97 Å². The van der Waals surface area contributed by atoms with E-state index in [2.05, 4.69) is 0 Å². The molecular formula is C28H22N4O10. The lowest BCUT2D eigenvalue weighted by atomic mass is 9.49. The van der Waals surface area contributed by atoms with Crippen molar-refractivity contribution in [2.75, 3.05) is 16.4 Å². The Morgan fingerprint density at radius 3 is 1.48 bits per heavy atom. The molecule has 0 N–H and O–H groups in total. The van der Waals surface area contributed by atoms with Gasteiger partial charge in [-0.3, -0.25) is 39.4 Å². The maximum atomic E-state index is 14.0. The van der Waals surface area contributed by atoms with Gasteiger partial charge in [-0.05, 0) is 26.0 Å². The van der Waals surface area contributed by atoms with E-state index in [0.29, 0.717) is 15.4 Å². The van der Waals surface area contributed by atoms with Gasteiger partial charge in [-0.25, -0.2) is 14.6 Å². The second-order valence-corrected chi connectivity index (χ2v) is 10.5. The van der Waals surface area contributed by atoms with E-state index in [-0.39, 0.29) is 23.6 Å². The summed E-state index contributed by atoms with van der Waals surface area (Å²) >= 11 is 0. The third-order valence-electron chi connectivity index (χ3n) is 8.74. The Hall–Kier alpha value is -5.27. The monoisotopic (exact) mass is 574 g/mol. The molecule has 3 fully saturated rings. The number of nitro benzene ring substituents is 2. The molecule has 3 aliphatic carbocycles. The molecule has 42 heavy (non-hydrogen) atoms. The summed E-state index contributed by atoms with van der Waals surface area (Å²) in [5.41, 5.74) is -1.19. The van der Waals surface area contributed by atoms with Gasteiger partial charge in [0.1, 0.15) is 11.4 Å². The molecule has 5 aliphatic rings. The number of ether oxygens (including phenoxy) is 1. The first-order valence-corrected chi connectivity index (χ1v) is 13.1. The summed E-state index contributed by atoms with van der Waals surface area (Å²) in [7, 11) is 0. The summed E-state index contributed by atoms with van der Waals surface area (Å²) in [6, 6.07) is 10.4. The number of nitro groups is 2. The maximum absolute atomic E-state index is 14.0. The van der Waals surface area contributed by atoms with Crippen molar-refractivity contribution in [2.24, 2.45) is 35.5 Å². The zero-order chi connectivity index (χ0) is 30.2. The molecule has 2 saturated heterocycles. The normalized spacial score (nSPS) is 27.9. The number of para-hydroxylation sites is 4. The third kappa shape index (κ3) is 3.40. The molecule has 4 amide bonds. The van der Waals surface area contributed by atoms with Gasteiger partial charge in [0.05, 0.1) is 40.1 Å². The molecule has 0 radical (unpaired) electrons. The van der Waals surface area contributed by atoms with Crippen LogP contribution in [0.3, 0.4) is 0 Å². The Bertz CT molecular complexity index is 1580. The molecule has 0 aromatic heterocycles. The van der Waals surface area contributed by atoms with E-state index in [4.69, 9.17) is 4.74 Å². The summed E-state index contributed by atoms with van der Waals surface area (Å²) in [5.74, 6) is -11.5. The van der Waals surface area contributed by atoms with Crippen LogP contribution >= 0.6 is 0 Å². The highest BCUT2D eigenvalue weighted by molar-refractivity contribution is 6.28. The number of hydrogen-bond acceptors (Lipinski definition) is 10. The standard InChI is InChI=1S/C28H22N4O10/c1-3-42-28(37)18-12(2)17-20-22(26(35)29(24(20)33)13-8-4-6-10-15(13)31(38)39)19(18)23-21(17)25(34)30(27(23)36)14-9-5-7-11-16(14)32(40)41/h4-11,17,19-23H,3H2,1-2H3. The first kappa shape index (κ1) is 26.9. The smallest absolute Gasteiger partial charge is 0.334 e. The lowest BCUT2D eigenvalue weighted by molar-refractivity contribution is -0.384. The second-order valence-electron chi connectivity index (χ2n) is 10.5. The molecule has 214 valence electrons. The molecule has 14 nitrogen and oxygen atoms in total. The molecule has 14 heteroatoms. The predicted molar refractivity (Wildman–Crippen MR) is 141 cm³/mol. The highest BCUT2D eigenvalue weighted by Gasteiger charge is 2.73. The van der Waals surface area contributed by atoms with Crippen LogP contribution in [0.5, 0.6) is 0 Å². The van der Waals surface area contributed by atoms with Crippen molar-refractivity contribution in [1.82, 2.24) is 0 Å². The Morgan fingerprint density at radius 2 is 1.10 bits per heavy atom. The number of nitrogens with zero attached hydrogens (tertiary/aromatic N) is 4. The Morgan fingerprint density at radius 1 is 0.714 bits per heavy atom. The molecule has 2 bridgehead atoms. The number of carbonyl (C=O) groups excluding carboxylic acids is 5. The van der Waals surface area contributed by atoms with Crippen LogP contribution in [0.2, 0.25) is 0 Å². The van der Waals surface area contributed by atoms with E-state index in [0.717, 1.165) is 12.1 Å². The Kier molecular flexibility index (Phi) is 6.02. The van der Waals surface area contributed by atoms with E-state index in [1.165, 1.54) is 43.3 Å². The summed E-state index contributed by atoms with van der Waals surface area (Å²) in [5, 5.41) is 23.5. The van der Waals surface area contributed by atoms with Crippen LogP contribution in [-0.2, 0) is 28.7 Å². The number of amides is 4. The first-order chi connectivity index (χ1) is 20.0. The molecule has 1 saturated carbocycles. The fourth-order valence-corrected chi connectivity index (χ4v) is 7.32. The SMILES string of the molecule is CCOC(=O)C1=C(C)C2C3C(=O)N(c4ccccc4[N+](=O)[O-])C(=O)C3C1C1C(=O)N(c3ccccc3[N+](=O)[O-])C(=O)C12. The average molecular weight is 575 g/mol. The number of carbonyl (C=O) groups is 5. The Balaban J connectivity index is 1.53. The van der Waals surface area contributed by atoms with Crippen molar-refractivity contribution in [2.45, 2.75) is 13.8 Å². The molecule has 7 rings (SSSR count). The summed E-state index contributed by atoms with van der Waals surface area (Å²) in [4.78, 5) is 92.7. The van der Waals surface area contributed by atoms with E-state index >= 15 is 0 Å². The van der Waals surface area contributed by atoms with Crippen LogP contribution < -0.4 is 9.80 Å². The number of rotatable bonds is 6. The highest BCUT2D eigenvalue weighted by atomic mass is 16.6. The van der Waals surface area contributed by atoms with E-state index in [1.807, 2.05) is 0 Å². The molecule has 2 aromatic carbocycles. The van der Waals surface area contributed by atoms with Gasteiger partial charge in [0, 0.05) is 29.5 Å². The van der Waals surface area contributed by atoms with Crippen LogP contribution in [0, 0.1) is 55.7 Å². The lowest BCUT2D eigenvalue weighted by Crippen LogP contribution is -2.55.